The number of hydrogen-bond acceptors (Lipinski definition) is 5. The highest BCUT2D eigenvalue weighted by Gasteiger charge is 2.23. The van der Waals surface area contributed by atoms with Gasteiger partial charge in [-0.05, 0) is 76.5 Å². The maximum absolute atomic E-state index is 6.83. The Labute approximate surface area is 302 Å². The predicted octanol–water partition coefficient (Wildman–Crippen LogP) is 14.1. The van der Waals surface area contributed by atoms with Crippen molar-refractivity contribution in [3.63, 3.8) is 0 Å². The van der Waals surface area contributed by atoms with E-state index in [9.17, 15) is 0 Å². The van der Waals surface area contributed by atoms with Crippen molar-refractivity contribution in [1.29, 1.82) is 0 Å². The number of thiophene rings is 1. The molecule has 11 rings (SSSR count). The number of rotatable bonds is 5. The zero-order valence-corrected chi connectivity index (χ0v) is 28.6. The zero-order valence-electron chi connectivity index (χ0n) is 27.8. The van der Waals surface area contributed by atoms with Gasteiger partial charge in [0.15, 0.2) is 11.2 Å². The van der Waals surface area contributed by atoms with E-state index in [0.717, 1.165) is 50.1 Å². The monoisotopic (exact) mass is 684 g/mol. The van der Waals surface area contributed by atoms with Gasteiger partial charge in [-0.15, -0.1) is 11.3 Å². The van der Waals surface area contributed by atoms with E-state index >= 15 is 0 Å². The Kier molecular flexibility index (Phi) is 6.39. The third kappa shape index (κ3) is 4.50. The van der Waals surface area contributed by atoms with E-state index in [2.05, 4.69) is 138 Å². The minimum atomic E-state index is 0.599. The average molecular weight is 685 g/mol. The van der Waals surface area contributed by atoms with Crippen LogP contribution in [0.25, 0.3) is 86.6 Å². The Hall–Kier alpha value is -6.69. The van der Waals surface area contributed by atoms with E-state index in [0.29, 0.717) is 11.5 Å². The van der Waals surface area contributed by atoms with Crippen LogP contribution in [-0.4, -0.2) is 4.98 Å². The van der Waals surface area contributed by atoms with E-state index in [1.807, 2.05) is 47.7 Å². The molecule has 52 heavy (non-hydrogen) atoms. The summed E-state index contributed by atoms with van der Waals surface area (Å²) >= 11 is 1.83. The summed E-state index contributed by atoms with van der Waals surface area (Å²) < 4.78 is 15.6. The molecule has 5 heteroatoms. The summed E-state index contributed by atoms with van der Waals surface area (Å²) in [7, 11) is 0. The molecule has 0 unspecified atom stereocenters. The Balaban J connectivity index is 1.13. The number of benzene rings is 8. The van der Waals surface area contributed by atoms with Crippen LogP contribution in [0.15, 0.2) is 179 Å². The zero-order chi connectivity index (χ0) is 34.2. The van der Waals surface area contributed by atoms with Crippen LogP contribution in [0.5, 0.6) is 0 Å². The number of para-hydroxylation sites is 1. The molecular formula is C47H28N2O2S. The lowest BCUT2D eigenvalue weighted by Crippen LogP contribution is -2.10. The van der Waals surface area contributed by atoms with E-state index in [4.69, 9.17) is 13.8 Å². The standard InChI is InChI=1S/C47H28N2O2S/c1-2-12-31(13-3-1)47-48-38-27-37-35-18-9-20-40(46(35)50-41(37)28-42(38)51-47)49(39-19-10-22-44-45(39)36-16-6-7-21-43(36)52-44)32-25-23-30(24-26-32)34-17-8-14-29-11-4-5-15-33(29)34/h1-28H. The molecule has 0 saturated heterocycles. The van der Waals surface area contributed by atoms with Gasteiger partial charge in [0.25, 0.3) is 0 Å². The van der Waals surface area contributed by atoms with Crippen molar-refractivity contribution in [2.24, 2.45) is 0 Å². The van der Waals surface area contributed by atoms with Crippen molar-refractivity contribution < 1.29 is 8.83 Å². The second kappa shape index (κ2) is 11.4. The van der Waals surface area contributed by atoms with Gasteiger partial charge in [0, 0.05) is 48.3 Å². The van der Waals surface area contributed by atoms with Crippen LogP contribution in [0.3, 0.4) is 0 Å². The highest BCUT2D eigenvalue weighted by molar-refractivity contribution is 7.26. The van der Waals surface area contributed by atoms with Crippen LogP contribution < -0.4 is 4.90 Å². The Bertz CT molecular complexity index is 3130. The van der Waals surface area contributed by atoms with Gasteiger partial charge in [-0.2, -0.15) is 0 Å². The van der Waals surface area contributed by atoms with Gasteiger partial charge in [-0.3, -0.25) is 0 Å². The van der Waals surface area contributed by atoms with E-state index in [1.165, 1.54) is 42.1 Å². The van der Waals surface area contributed by atoms with Gasteiger partial charge >= 0.3 is 0 Å². The van der Waals surface area contributed by atoms with Crippen LogP contribution in [0.2, 0.25) is 0 Å². The fraction of sp³-hybridized carbons (Fsp3) is 0. The molecule has 0 amide bonds. The third-order valence-electron chi connectivity index (χ3n) is 10.1. The number of fused-ring (bicyclic) bond motifs is 8. The molecule has 0 spiro atoms. The summed E-state index contributed by atoms with van der Waals surface area (Å²) in [5, 5.41) is 6.97. The molecule has 244 valence electrons. The van der Waals surface area contributed by atoms with Gasteiger partial charge in [0.05, 0.1) is 11.4 Å². The number of anilines is 3. The maximum Gasteiger partial charge on any atom is 0.227 e. The fourth-order valence-electron chi connectivity index (χ4n) is 7.70. The Morgan fingerprint density at radius 1 is 0.481 bits per heavy atom. The molecule has 8 aromatic carbocycles. The molecule has 0 radical (unpaired) electrons. The number of oxazole rings is 1. The first-order valence-corrected chi connectivity index (χ1v) is 18.2. The molecule has 3 aromatic heterocycles. The van der Waals surface area contributed by atoms with Crippen LogP contribution in [-0.2, 0) is 0 Å². The van der Waals surface area contributed by atoms with Gasteiger partial charge in [0.1, 0.15) is 11.1 Å². The summed E-state index contributed by atoms with van der Waals surface area (Å²) in [6.45, 7) is 0. The summed E-state index contributed by atoms with van der Waals surface area (Å²) in [5.41, 5.74) is 9.51. The Morgan fingerprint density at radius 2 is 1.19 bits per heavy atom. The van der Waals surface area contributed by atoms with Crippen molar-refractivity contribution in [1.82, 2.24) is 4.98 Å². The molecule has 3 heterocycles. The minimum Gasteiger partial charge on any atom is -0.454 e. The molecule has 0 aliphatic rings. The van der Waals surface area contributed by atoms with E-state index < -0.39 is 0 Å². The summed E-state index contributed by atoms with van der Waals surface area (Å²) in [6.07, 6.45) is 0. The lowest BCUT2D eigenvalue weighted by Gasteiger charge is -2.26. The van der Waals surface area contributed by atoms with Crippen molar-refractivity contribution in [2.45, 2.75) is 0 Å². The molecule has 0 saturated carbocycles. The SMILES string of the molecule is c1ccc(-c2nc3cc4c(cc3o2)oc2c(N(c3ccc(-c5cccc6ccccc56)cc3)c3cccc5sc6ccccc6c35)cccc24)cc1. The van der Waals surface area contributed by atoms with Crippen molar-refractivity contribution in [3.05, 3.63) is 170 Å². The third-order valence-corrected chi connectivity index (χ3v) is 11.2. The van der Waals surface area contributed by atoms with Crippen LogP contribution >= 0.6 is 11.3 Å². The largest absolute Gasteiger partial charge is 0.454 e. The van der Waals surface area contributed by atoms with Crippen LogP contribution in [0.1, 0.15) is 0 Å². The molecular weight excluding hydrogens is 657 g/mol. The number of aromatic nitrogens is 1. The number of hydrogen-bond donors (Lipinski definition) is 0. The number of furan rings is 1. The Morgan fingerprint density at radius 3 is 2.10 bits per heavy atom. The molecule has 0 fully saturated rings. The average Bonchev–Trinajstić information content (AvgIpc) is 3.91. The molecule has 0 aliphatic carbocycles. The first kappa shape index (κ1) is 29.1. The molecule has 0 N–H and O–H groups in total. The predicted molar refractivity (Wildman–Crippen MR) is 217 cm³/mol. The van der Waals surface area contributed by atoms with E-state index in [1.54, 1.807) is 0 Å². The topological polar surface area (TPSA) is 42.4 Å². The lowest BCUT2D eigenvalue weighted by molar-refractivity contribution is 0.617. The smallest absolute Gasteiger partial charge is 0.227 e. The maximum atomic E-state index is 6.83. The molecule has 0 aliphatic heterocycles. The van der Waals surface area contributed by atoms with Gasteiger partial charge < -0.3 is 13.7 Å². The molecule has 0 atom stereocenters. The second-order valence-corrected chi connectivity index (χ2v) is 14.2. The van der Waals surface area contributed by atoms with Crippen LogP contribution in [0.4, 0.5) is 17.1 Å². The first-order valence-electron chi connectivity index (χ1n) is 17.4. The first-order chi connectivity index (χ1) is 25.8. The van der Waals surface area contributed by atoms with Crippen molar-refractivity contribution >= 4 is 92.4 Å². The summed E-state index contributed by atoms with van der Waals surface area (Å²) in [6, 6.07) is 59.8. The second-order valence-electron chi connectivity index (χ2n) is 13.1. The summed E-state index contributed by atoms with van der Waals surface area (Å²) in [4.78, 5) is 7.22. The lowest BCUT2D eigenvalue weighted by atomic mass is 9.98. The summed E-state index contributed by atoms with van der Waals surface area (Å²) in [5.74, 6) is 0.599. The van der Waals surface area contributed by atoms with E-state index in [-0.39, 0.29) is 0 Å². The highest BCUT2D eigenvalue weighted by Crippen LogP contribution is 2.48. The quantitative estimate of drug-likeness (QED) is 0.181. The molecule has 11 aromatic rings. The number of nitrogens with zero attached hydrogens (tertiary/aromatic N) is 2. The molecule has 0 bridgehead atoms. The molecule has 4 nitrogen and oxygen atoms in total. The van der Waals surface area contributed by atoms with Gasteiger partial charge in [0.2, 0.25) is 5.89 Å². The minimum absolute atomic E-state index is 0.599. The van der Waals surface area contributed by atoms with Gasteiger partial charge in [-0.25, -0.2) is 4.98 Å². The normalized spacial score (nSPS) is 11.8. The van der Waals surface area contributed by atoms with Crippen molar-refractivity contribution in [2.75, 3.05) is 4.90 Å². The highest BCUT2D eigenvalue weighted by atomic mass is 32.1. The fourth-order valence-corrected chi connectivity index (χ4v) is 8.83. The van der Waals surface area contributed by atoms with Crippen LogP contribution in [0, 0.1) is 0 Å². The van der Waals surface area contributed by atoms with Crippen molar-refractivity contribution in [3.8, 4) is 22.6 Å². The van der Waals surface area contributed by atoms with Gasteiger partial charge in [-0.1, -0.05) is 109 Å².